The van der Waals surface area contributed by atoms with Gasteiger partial charge in [0, 0.05) is 17.6 Å². The number of nitrogens with zero attached hydrogens (tertiary/aromatic N) is 1. The molecule has 1 saturated heterocycles. The van der Waals surface area contributed by atoms with Crippen LogP contribution in [0, 0.1) is 0 Å². The molecule has 0 amide bonds. The van der Waals surface area contributed by atoms with Crippen LogP contribution in [0.1, 0.15) is 18.4 Å². The SMILES string of the molecule is CNC1CCN(Cc2cc(OC)ccc2Cl)CC1. The van der Waals surface area contributed by atoms with Gasteiger partial charge in [0.05, 0.1) is 7.11 Å². The van der Waals surface area contributed by atoms with Gasteiger partial charge in [0.1, 0.15) is 5.75 Å². The van der Waals surface area contributed by atoms with Gasteiger partial charge in [-0.2, -0.15) is 0 Å². The van der Waals surface area contributed by atoms with Crippen LogP contribution in [0.15, 0.2) is 18.2 Å². The highest BCUT2D eigenvalue weighted by Gasteiger charge is 2.18. The average molecular weight is 269 g/mol. The largest absolute Gasteiger partial charge is 0.497 e. The first-order chi connectivity index (χ1) is 8.72. The molecule has 0 spiro atoms. The smallest absolute Gasteiger partial charge is 0.119 e. The van der Waals surface area contributed by atoms with Crippen molar-refractivity contribution in [3.05, 3.63) is 28.8 Å². The van der Waals surface area contributed by atoms with Crippen molar-refractivity contribution in [3.63, 3.8) is 0 Å². The Morgan fingerprint density at radius 3 is 2.72 bits per heavy atom. The fraction of sp³-hybridized carbons (Fsp3) is 0.571. The molecule has 1 aromatic carbocycles. The van der Waals surface area contributed by atoms with Crippen molar-refractivity contribution in [1.29, 1.82) is 0 Å². The average Bonchev–Trinajstić information content (AvgIpc) is 2.42. The number of nitrogens with one attached hydrogen (secondary N) is 1. The van der Waals surface area contributed by atoms with Crippen LogP contribution in [0.5, 0.6) is 5.75 Å². The van der Waals surface area contributed by atoms with E-state index in [0.29, 0.717) is 6.04 Å². The van der Waals surface area contributed by atoms with Gasteiger partial charge in [0.25, 0.3) is 0 Å². The summed E-state index contributed by atoms with van der Waals surface area (Å²) in [5.41, 5.74) is 1.15. The van der Waals surface area contributed by atoms with Gasteiger partial charge in [-0.15, -0.1) is 0 Å². The van der Waals surface area contributed by atoms with Crippen LogP contribution in [0.3, 0.4) is 0 Å². The molecule has 0 bridgehead atoms. The van der Waals surface area contributed by atoms with E-state index in [4.69, 9.17) is 16.3 Å². The topological polar surface area (TPSA) is 24.5 Å². The Kier molecular flexibility index (Phi) is 4.87. The summed E-state index contributed by atoms with van der Waals surface area (Å²) < 4.78 is 5.25. The molecule has 0 unspecified atom stereocenters. The van der Waals surface area contributed by atoms with Crippen molar-refractivity contribution in [2.45, 2.75) is 25.4 Å². The number of hydrogen-bond donors (Lipinski definition) is 1. The van der Waals surface area contributed by atoms with E-state index in [9.17, 15) is 0 Å². The molecule has 18 heavy (non-hydrogen) atoms. The van der Waals surface area contributed by atoms with Gasteiger partial charge in [-0.05, 0) is 56.7 Å². The van der Waals surface area contributed by atoms with Gasteiger partial charge >= 0.3 is 0 Å². The monoisotopic (exact) mass is 268 g/mol. The Morgan fingerprint density at radius 2 is 2.11 bits per heavy atom. The number of methoxy groups -OCH3 is 1. The number of hydrogen-bond acceptors (Lipinski definition) is 3. The first kappa shape index (κ1) is 13.7. The van der Waals surface area contributed by atoms with E-state index in [1.807, 2.05) is 25.2 Å². The quantitative estimate of drug-likeness (QED) is 0.908. The summed E-state index contributed by atoms with van der Waals surface area (Å²) in [5, 5.41) is 4.17. The van der Waals surface area contributed by atoms with E-state index < -0.39 is 0 Å². The maximum absolute atomic E-state index is 6.23. The van der Waals surface area contributed by atoms with Crippen LogP contribution < -0.4 is 10.1 Å². The van der Waals surface area contributed by atoms with Crippen molar-refractivity contribution < 1.29 is 4.74 Å². The molecule has 1 aromatic rings. The highest BCUT2D eigenvalue weighted by Crippen LogP contribution is 2.24. The van der Waals surface area contributed by atoms with Crippen LogP contribution in [-0.4, -0.2) is 38.2 Å². The highest BCUT2D eigenvalue weighted by molar-refractivity contribution is 6.31. The van der Waals surface area contributed by atoms with Gasteiger partial charge in [-0.25, -0.2) is 0 Å². The minimum Gasteiger partial charge on any atom is -0.497 e. The molecular weight excluding hydrogens is 248 g/mol. The number of halogens is 1. The number of ether oxygens (including phenoxy) is 1. The van der Waals surface area contributed by atoms with Crippen molar-refractivity contribution in [1.82, 2.24) is 10.2 Å². The Morgan fingerprint density at radius 1 is 1.39 bits per heavy atom. The standard InChI is InChI=1S/C14H21ClN2O/c1-16-12-5-7-17(8-6-12)10-11-9-13(18-2)3-4-14(11)15/h3-4,9,12,16H,5-8,10H2,1-2H3. The van der Waals surface area contributed by atoms with E-state index in [1.165, 1.54) is 12.8 Å². The molecular formula is C14H21ClN2O. The molecule has 0 aliphatic carbocycles. The zero-order valence-electron chi connectivity index (χ0n) is 11.1. The minimum absolute atomic E-state index is 0.669. The summed E-state index contributed by atoms with van der Waals surface area (Å²) in [6.07, 6.45) is 2.41. The molecule has 100 valence electrons. The molecule has 0 saturated carbocycles. The molecule has 0 aromatic heterocycles. The second-order valence-corrected chi connectivity index (χ2v) is 5.20. The Hall–Kier alpha value is -0.770. The fourth-order valence-electron chi connectivity index (χ4n) is 2.42. The fourth-order valence-corrected chi connectivity index (χ4v) is 2.60. The van der Waals surface area contributed by atoms with Crippen LogP contribution in [0.4, 0.5) is 0 Å². The first-order valence-electron chi connectivity index (χ1n) is 6.45. The normalized spacial score (nSPS) is 17.9. The first-order valence-corrected chi connectivity index (χ1v) is 6.82. The summed E-state index contributed by atoms with van der Waals surface area (Å²) in [4.78, 5) is 2.45. The summed E-state index contributed by atoms with van der Waals surface area (Å²) in [5.74, 6) is 0.875. The Bertz CT molecular complexity index is 389. The van der Waals surface area contributed by atoms with Crippen molar-refractivity contribution in [2.24, 2.45) is 0 Å². The third-order valence-electron chi connectivity index (χ3n) is 3.64. The maximum atomic E-state index is 6.23. The highest BCUT2D eigenvalue weighted by atomic mass is 35.5. The molecule has 1 N–H and O–H groups in total. The Balaban J connectivity index is 1.97. The van der Waals surface area contributed by atoms with Crippen LogP contribution in [0.25, 0.3) is 0 Å². The molecule has 4 heteroatoms. The van der Waals surface area contributed by atoms with Gasteiger partial charge in [-0.3, -0.25) is 4.90 Å². The molecule has 0 atom stereocenters. The number of piperidine rings is 1. The summed E-state index contributed by atoms with van der Waals surface area (Å²) in [7, 11) is 3.73. The third kappa shape index (κ3) is 3.37. The summed E-state index contributed by atoms with van der Waals surface area (Å²) in [6.45, 7) is 3.16. The van der Waals surface area contributed by atoms with E-state index in [-0.39, 0.29) is 0 Å². The molecule has 1 fully saturated rings. The van der Waals surface area contributed by atoms with E-state index in [0.717, 1.165) is 36.0 Å². The zero-order valence-corrected chi connectivity index (χ0v) is 11.8. The summed E-state index contributed by atoms with van der Waals surface area (Å²) in [6, 6.07) is 6.52. The van der Waals surface area contributed by atoms with Crippen LogP contribution in [0.2, 0.25) is 5.02 Å². The second kappa shape index (κ2) is 6.41. The van der Waals surface area contributed by atoms with E-state index >= 15 is 0 Å². The predicted molar refractivity (Wildman–Crippen MR) is 75.4 cm³/mol. The number of rotatable bonds is 4. The molecule has 1 heterocycles. The van der Waals surface area contributed by atoms with Crippen molar-refractivity contribution >= 4 is 11.6 Å². The predicted octanol–water partition coefficient (Wildman–Crippen LogP) is 2.53. The maximum Gasteiger partial charge on any atom is 0.119 e. The summed E-state index contributed by atoms with van der Waals surface area (Å²) >= 11 is 6.23. The lowest BCUT2D eigenvalue weighted by atomic mass is 10.0. The van der Waals surface area contributed by atoms with Crippen LogP contribution >= 0.6 is 11.6 Å². The van der Waals surface area contributed by atoms with Gasteiger partial charge < -0.3 is 10.1 Å². The minimum atomic E-state index is 0.669. The van der Waals surface area contributed by atoms with Crippen molar-refractivity contribution in [2.75, 3.05) is 27.2 Å². The van der Waals surface area contributed by atoms with Gasteiger partial charge in [-0.1, -0.05) is 11.6 Å². The lowest BCUT2D eigenvalue weighted by Crippen LogP contribution is -2.40. The second-order valence-electron chi connectivity index (χ2n) is 4.80. The lowest BCUT2D eigenvalue weighted by molar-refractivity contribution is 0.194. The lowest BCUT2D eigenvalue weighted by Gasteiger charge is -2.32. The zero-order chi connectivity index (χ0) is 13.0. The van der Waals surface area contributed by atoms with Crippen LogP contribution in [-0.2, 0) is 6.54 Å². The van der Waals surface area contributed by atoms with E-state index in [2.05, 4.69) is 10.2 Å². The van der Waals surface area contributed by atoms with Crippen molar-refractivity contribution in [3.8, 4) is 5.75 Å². The van der Waals surface area contributed by atoms with Gasteiger partial charge in [0.15, 0.2) is 0 Å². The molecule has 0 radical (unpaired) electrons. The molecule has 3 nitrogen and oxygen atoms in total. The third-order valence-corrected chi connectivity index (χ3v) is 4.01. The Labute approximate surface area is 114 Å². The van der Waals surface area contributed by atoms with E-state index in [1.54, 1.807) is 7.11 Å². The number of benzene rings is 1. The molecule has 1 aliphatic rings. The van der Waals surface area contributed by atoms with Gasteiger partial charge in [0.2, 0.25) is 0 Å². The molecule has 2 rings (SSSR count). The number of likely N-dealkylation sites (tertiary alicyclic amines) is 1. The molecule has 1 aliphatic heterocycles.